The van der Waals surface area contributed by atoms with Crippen molar-refractivity contribution in [1.82, 2.24) is 4.98 Å². The molecule has 2 N–H and O–H groups in total. The Morgan fingerprint density at radius 3 is 2.23 bits per heavy atom. The molecule has 43 heavy (non-hydrogen) atoms. The van der Waals surface area contributed by atoms with Gasteiger partial charge in [0.2, 0.25) is 11.8 Å². The van der Waals surface area contributed by atoms with Crippen LogP contribution in [0.25, 0.3) is 10.9 Å². The first-order valence-corrected chi connectivity index (χ1v) is 13.2. The van der Waals surface area contributed by atoms with Crippen LogP contribution in [0.4, 0.5) is 15.8 Å². The zero-order valence-electron chi connectivity index (χ0n) is 23.2. The van der Waals surface area contributed by atoms with Gasteiger partial charge in [0, 0.05) is 41.4 Å². The number of halogens is 2. The zero-order valence-corrected chi connectivity index (χ0v) is 24.0. The fraction of sp³-hybridized carbons (Fsp3) is 0.200. The average Bonchev–Trinajstić information content (AvgIpc) is 3.78. The van der Waals surface area contributed by atoms with Gasteiger partial charge in [-0.3, -0.25) is 14.6 Å². The molecule has 0 radical (unpaired) electrons. The fourth-order valence-electron chi connectivity index (χ4n) is 4.23. The van der Waals surface area contributed by atoms with E-state index in [-0.39, 0.29) is 36.9 Å². The number of rotatable bonds is 11. The molecular formula is C30H24ClFLiN3O7. The Morgan fingerprint density at radius 2 is 1.60 bits per heavy atom. The molecule has 3 aromatic carbocycles. The third-order valence-corrected chi connectivity index (χ3v) is 6.98. The zero-order chi connectivity index (χ0) is 29.9. The summed E-state index contributed by atoms with van der Waals surface area (Å²) in [5.74, 6) is -1.24. The van der Waals surface area contributed by atoms with Crippen LogP contribution in [-0.4, -0.2) is 36.5 Å². The summed E-state index contributed by atoms with van der Waals surface area (Å²) in [5, 5.41) is 16.9. The number of hydrogen-bond acceptors (Lipinski definition) is 8. The van der Waals surface area contributed by atoms with Crippen LogP contribution in [0.1, 0.15) is 19.3 Å². The van der Waals surface area contributed by atoms with E-state index in [4.69, 9.17) is 25.8 Å². The summed E-state index contributed by atoms with van der Waals surface area (Å²) < 4.78 is 30.2. The van der Waals surface area contributed by atoms with Crippen molar-refractivity contribution < 1.29 is 57.0 Å². The van der Waals surface area contributed by atoms with E-state index < -0.39 is 29.0 Å². The number of carboxylic acid groups (broad SMARTS) is 1. The van der Waals surface area contributed by atoms with Crippen LogP contribution in [0.15, 0.2) is 66.9 Å². The quantitative estimate of drug-likeness (QED) is 0.196. The van der Waals surface area contributed by atoms with E-state index in [0.29, 0.717) is 58.1 Å². The van der Waals surface area contributed by atoms with Gasteiger partial charge in [0.15, 0.2) is 11.5 Å². The molecule has 216 valence electrons. The Bertz CT molecular complexity index is 1680. The summed E-state index contributed by atoms with van der Waals surface area (Å²) in [6, 6.07) is 14.9. The van der Waals surface area contributed by atoms with Crippen molar-refractivity contribution >= 4 is 51.7 Å². The maximum atomic E-state index is 13.2. The minimum Gasteiger partial charge on any atom is -0.550 e. The average molecular weight is 600 g/mol. The second kappa shape index (κ2) is 13.3. The summed E-state index contributed by atoms with van der Waals surface area (Å²) in [7, 11) is 1.45. The largest absolute Gasteiger partial charge is 1.00 e. The number of methoxy groups -OCH3 is 1. The molecule has 0 unspecified atom stereocenters. The first-order chi connectivity index (χ1) is 20.2. The molecule has 0 bridgehead atoms. The molecule has 1 saturated carbocycles. The number of pyridine rings is 1. The van der Waals surface area contributed by atoms with E-state index in [2.05, 4.69) is 15.6 Å². The van der Waals surface area contributed by atoms with Gasteiger partial charge in [0.25, 0.3) is 0 Å². The third-order valence-electron chi connectivity index (χ3n) is 6.68. The Labute approximate surface area is 262 Å². The number of nitrogens with one attached hydrogen (secondary N) is 2. The first kappa shape index (κ1) is 31.6. The van der Waals surface area contributed by atoms with E-state index in [1.807, 2.05) is 0 Å². The molecule has 13 heteroatoms. The van der Waals surface area contributed by atoms with Gasteiger partial charge in [-0.15, -0.1) is 0 Å². The van der Waals surface area contributed by atoms with Crippen LogP contribution in [0.5, 0.6) is 23.0 Å². The standard InChI is InChI=1S/C30H25ClFN3O7.Li/c1-40-25-15-20-22(16-26(25)41-13-9-27(36)37)33-12-8-23(20)42-24-7-6-19(14-21(24)31)35-29(39)30(10-11-30)28(38)34-18-4-2-17(32)3-5-18;/h2-8,12,14-16H,9-11,13H2,1H3,(H,34,38)(H,35,39)(H,36,37);/q;+1/p-1. The van der Waals surface area contributed by atoms with Gasteiger partial charge in [-0.25, -0.2) is 4.39 Å². The van der Waals surface area contributed by atoms with Crippen LogP contribution >= 0.6 is 11.6 Å². The molecule has 1 heterocycles. The molecule has 0 atom stereocenters. The monoisotopic (exact) mass is 599 g/mol. The number of aliphatic carboxylic acids is 1. The third kappa shape index (κ3) is 7.20. The topological polar surface area (TPSA) is 139 Å². The first-order valence-electron chi connectivity index (χ1n) is 12.8. The Kier molecular flexibility index (Phi) is 9.81. The molecule has 1 aromatic heterocycles. The normalized spacial score (nSPS) is 12.9. The molecule has 1 aliphatic rings. The maximum absolute atomic E-state index is 13.2. The minimum absolute atomic E-state index is 0. The number of benzene rings is 3. The molecule has 5 rings (SSSR count). The van der Waals surface area contributed by atoms with Gasteiger partial charge < -0.3 is 34.7 Å². The van der Waals surface area contributed by atoms with E-state index >= 15 is 0 Å². The van der Waals surface area contributed by atoms with Gasteiger partial charge in [-0.05, 0) is 67.4 Å². The molecule has 1 fully saturated rings. The second-order valence-corrected chi connectivity index (χ2v) is 9.95. The van der Waals surface area contributed by atoms with Gasteiger partial charge >= 0.3 is 18.9 Å². The summed E-state index contributed by atoms with van der Waals surface area (Å²) in [6.07, 6.45) is 2.01. The van der Waals surface area contributed by atoms with Crippen molar-refractivity contribution in [3.8, 4) is 23.0 Å². The number of amides is 2. The number of anilines is 2. The Morgan fingerprint density at radius 1 is 0.930 bits per heavy atom. The van der Waals surface area contributed by atoms with E-state index in [1.54, 1.807) is 30.3 Å². The fourth-order valence-corrected chi connectivity index (χ4v) is 4.45. The molecule has 4 aromatic rings. The molecule has 0 spiro atoms. The number of nitrogens with zero attached hydrogens (tertiary/aromatic N) is 1. The van der Waals surface area contributed by atoms with Crippen molar-refractivity contribution in [3.63, 3.8) is 0 Å². The minimum atomic E-state index is -1.23. The van der Waals surface area contributed by atoms with E-state index in [0.717, 1.165) is 0 Å². The summed E-state index contributed by atoms with van der Waals surface area (Å²) >= 11 is 6.49. The van der Waals surface area contributed by atoms with Gasteiger partial charge in [-0.2, -0.15) is 0 Å². The van der Waals surface area contributed by atoms with Crippen LogP contribution in [0, 0.1) is 11.2 Å². The number of fused-ring (bicyclic) bond motifs is 1. The summed E-state index contributed by atoms with van der Waals surface area (Å²) in [4.78, 5) is 40.9. The van der Waals surface area contributed by atoms with Crippen LogP contribution in [0.2, 0.25) is 5.02 Å². The van der Waals surface area contributed by atoms with Crippen LogP contribution in [0.3, 0.4) is 0 Å². The number of ether oxygens (including phenoxy) is 3. The summed E-state index contributed by atoms with van der Waals surface area (Å²) in [6.45, 7) is -0.0983. The van der Waals surface area contributed by atoms with Crippen molar-refractivity contribution in [2.75, 3.05) is 24.4 Å². The Balaban J connectivity index is 0.00000423. The van der Waals surface area contributed by atoms with E-state index in [1.165, 1.54) is 43.6 Å². The van der Waals surface area contributed by atoms with Crippen molar-refractivity contribution in [2.45, 2.75) is 19.3 Å². The molecular weight excluding hydrogens is 576 g/mol. The van der Waals surface area contributed by atoms with Crippen LogP contribution in [-0.2, 0) is 14.4 Å². The molecule has 2 amide bonds. The number of carbonyl (C=O) groups is 3. The predicted octanol–water partition coefficient (Wildman–Crippen LogP) is 1.71. The second-order valence-electron chi connectivity index (χ2n) is 9.54. The number of aromatic nitrogens is 1. The summed E-state index contributed by atoms with van der Waals surface area (Å²) in [5.41, 5.74) is 0.0481. The molecule has 0 saturated heterocycles. The Hall–Kier alpha value is -4.30. The molecule has 0 aliphatic heterocycles. The van der Waals surface area contributed by atoms with Crippen LogP contribution < -0.4 is 48.8 Å². The van der Waals surface area contributed by atoms with Crippen molar-refractivity contribution in [1.29, 1.82) is 0 Å². The van der Waals surface area contributed by atoms with Crippen molar-refractivity contribution in [2.24, 2.45) is 5.41 Å². The predicted molar refractivity (Wildman–Crippen MR) is 150 cm³/mol. The van der Waals surface area contributed by atoms with E-state index in [9.17, 15) is 23.9 Å². The smallest absolute Gasteiger partial charge is 0.550 e. The molecule has 1 aliphatic carbocycles. The van der Waals surface area contributed by atoms with Gasteiger partial charge in [-0.1, -0.05) is 11.6 Å². The van der Waals surface area contributed by atoms with Gasteiger partial charge in [0.05, 0.1) is 24.3 Å². The SMILES string of the molecule is COc1cc2c(Oc3ccc(NC(=O)C4(C(=O)Nc5ccc(F)cc5)CC4)cc3Cl)ccnc2cc1OCCC(=O)[O-].[Li+]. The van der Waals surface area contributed by atoms with Crippen molar-refractivity contribution in [3.05, 3.63) is 77.7 Å². The number of hydrogen-bond donors (Lipinski definition) is 2. The van der Waals surface area contributed by atoms with Gasteiger partial charge in [0.1, 0.15) is 22.7 Å². The molecule has 10 nitrogen and oxygen atoms in total. The number of carboxylic acids is 1. The number of carbonyl (C=O) groups excluding carboxylic acids is 3. The maximum Gasteiger partial charge on any atom is 1.00 e.